The lowest BCUT2D eigenvalue weighted by Gasteiger charge is -2.18. The summed E-state index contributed by atoms with van der Waals surface area (Å²) >= 11 is 0. The molecule has 0 bridgehead atoms. The predicted octanol–water partition coefficient (Wildman–Crippen LogP) is 0.226. The molecule has 7 heteroatoms. The van der Waals surface area contributed by atoms with Crippen LogP contribution in [0.15, 0.2) is 0 Å². The van der Waals surface area contributed by atoms with Crippen molar-refractivity contribution in [3.8, 4) is 0 Å². The summed E-state index contributed by atoms with van der Waals surface area (Å²) in [5, 5.41) is 10.9. The minimum Gasteiger partial charge on any atom is -0.465 e. The Morgan fingerprint density at radius 1 is 1.18 bits per heavy atom. The van der Waals surface area contributed by atoms with Gasteiger partial charge in [0.1, 0.15) is 0 Å². The normalized spacial score (nSPS) is 11.8. The van der Waals surface area contributed by atoms with Crippen LogP contribution in [-0.2, 0) is 9.59 Å². The molecule has 98 valence electrons. The maximum absolute atomic E-state index is 11.4. The number of amides is 3. The molecule has 0 rings (SSSR count). The molecule has 0 heterocycles. The summed E-state index contributed by atoms with van der Waals surface area (Å²) in [5.41, 5.74) is 4.33. The van der Waals surface area contributed by atoms with Crippen LogP contribution in [0.3, 0.4) is 0 Å². The summed E-state index contributed by atoms with van der Waals surface area (Å²) in [6.07, 6.45) is -0.618. The number of hydrazine groups is 1. The van der Waals surface area contributed by atoms with E-state index in [1.807, 2.05) is 13.8 Å². The summed E-state index contributed by atoms with van der Waals surface area (Å²) in [5.74, 6) is -0.551. The van der Waals surface area contributed by atoms with Crippen LogP contribution in [0.2, 0.25) is 0 Å². The van der Waals surface area contributed by atoms with E-state index in [4.69, 9.17) is 5.11 Å². The Hall–Kier alpha value is -1.79. The molecule has 0 radical (unpaired) electrons. The van der Waals surface area contributed by atoms with Gasteiger partial charge in [0.25, 0.3) is 0 Å². The Balaban J connectivity index is 4.16. The van der Waals surface area contributed by atoms with Gasteiger partial charge in [-0.3, -0.25) is 20.4 Å². The van der Waals surface area contributed by atoms with E-state index in [-0.39, 0.29) is 18.2 Å². The van der Waals surface area contributed by atoms with E-state index < -0.39 is 18.0 Å². The highest BCUT2D eigenvalue weighted by molar-refractivity contribution is 5.81. The molecular formula is C10H19N3O4. The summed E-state index contributed by atoms with van der Waals surface area (Å²) in [6.45, 7) is 5.13. The Labute approximate surface area is 99.9 Å². The van der Waals surface area contributed by atoms with Crippen LogP contribution < -0.4 is 16.2 Å². The van der Waals surface area contributed by atoms with E-state index in [1.165, 1.54) is 6.92 Å². The number of hydrogen-bond acceptors (Lipinski definition) is 3. The summed E-state index contributed by atoms with van der Waals surface area (Å²) in [6, 6.07) is -0.457. The summed E-state index contributed by atoms with van der Waals surface area (Å²) in [4.78, 5) is 32.4. The molecule has 17 heavy (non-hydrogen) atoms. The minimum atomic E-state index is -1.16. The number of rotatable bonds is 5. The standard InChI is InChI=1S/C10H19N3O4/c1-6(2)4-8(11-10(16)17)5-9(15)13-12-7(3)14/h6,8,11H,4-5H2,1-3H3,(H,12,14)(H,13,15)(H,16,17). The first-order chi connectivity index (χ1) is 7.81. The third-order valence-corrected chi connectivity index (χ3v) is 1.89. The summed E-state index contributed by atoms with van der Waals surface area (Å²) in [7, 11) is 0. The molecule has 0 aromatic carbocycles. The molecule has 0 aliphatic carbocycles. The predicted molar refractivity (Wildman–Crippen MR) is 61.0 cm³/mol. The van der Waals surface area contributed by atoms with E-state index in [1.54, 1.807) is 0 Å². The maximum atomic E-state index is 11.4. The maximum Gasteiger partial charge on any atom is 0.404 e. The Morgan fingerprint density at radius 2 is 1.76 bits per heavy atom. The molecule has 7 nitrogen and oxygen atoms in total. The quantitative estimate of drug-likeness (QED) is 0.520. The van der Waals surface area contributed by atoms with Crippen LogP contribution in [0.25, 0.3) is 0 Å². The second-order valence-electron chi connectivity index (χ2n) is 4.21. The Bertz CT molecular complexity index is 291. The molecular weight excluding hydrogens is 226 g/mol. The smallest absolute Gasteiger partial charge is 0.404 e. The molecule has 0 aliphatic rings. The third-order valence-electron chi connectivity index (χ3n) is 1.89. The zero-order chi connectivity index (χ0) is 13.4. The first-order valence-electron chi connectivity index (χ1n) is 5.36. The topological polar surface area (TPSA) is 108 Å². The van der Waals surface area contributed by atoms with Crippen molar-refractivity contribution >= 4 is 17.9 Å². The minimum absolute atomic E-state index is 0.00917. The van der Waals surface area contributed by atoms with Crippen LogP contribution >= 0.6 is 0 Å². The zero-order valence-corrected chi connectivity index (χ0v) is 10.2. The van der Waals surface area contributed by atoms with Crippen molar-refractivity contribution in [3.05, 3.63) is 0 Å². The lowest BCUT2D eigenvalue weighted by atomic mass is 10.0. The van der Waals surface area contributed by atoms with Crippen LogP contribution in [0.4, 0.5) is 4.79 Å². The fraction of sp³-hybridized carbons (Fsp3) is 0.700. The van der Waals surface area contributed by atoms with Crippen molar-refractivity contribution in [2.75, 3.05) is 0 Å². The Morgan fingerprint density at radius 3 is 2.18 bits per heavy atom. The van der Waals surface area contributed by atoms with Gasteiger partial charge in [-0.1, -0.05) is 13.8 Å². The molecule has 0 aliphatic heterocycles. The van der Waals surface area contributed by atoms with Crippen LogP contribution in [0.1, 0.15) is 33.6 Å². The van der Waals surface area contributed by atoms with E-state index in [0.717, 1.165) is 0 Å². The number of carbonyl (C=O) groups excluding carboxylic acids is 2. The monoisotopic (exact) mass is 245 g/mol. The molecule has 0 saturated carbocycles. The van der Waals surface area contributed by atoms with E-state index >= 15 is 0 Å². The lowest BCUT2D eigenvalue weighted by Crippen LogP contribution is -2.44. The number of nitrogens with one attached hydrogen (secondary N) is 3. The highest BCUT2D eigenvalue weighted by Gasteiger charge is 2.17. The second kappa shape index (κ2) is 7.48. The molecule has 0 spiro atoms. The van der Waals surface area contributed by atoms with E-state index in [0.29, 0.717) is 6.42 Å². The fourth-order valence-corrected chi connectivity index (χ4v) is 1.37. The fourth-order valence-electron chi connectivity index (χ4n) is 1.37. The molecule has 0 aromatic heterocycles. The van der Waals surface area contributed by atoms with Crippen LogP contribution in [0.5, 0.6) is 0 Å². The average Bonchev–Trinajstić information content (AvgIpc) is 2.12. The van der Waals surface area contributed by atoms with E-state index in [2.05, 4.69) is 16.2 Å². The zero-order valence-electron chi connectivity index (χ0n) is 10.2. The molecule has 0 aromatic rings. The van der Waals surface area contributed by atoms with Gasteiger partial charge >= 0.3 is 6.09 Å². The molecule has 1 atom stereocenters. The van der Waals surface area contributed by atoms with Crippen molar-refractivity contribution in [1.29, 1.82) is 0 Å². The van der Waals surface area contributed by atoms with Crippen molar-refractivity contribution in [2.45, 2.75) is 39.7 Å². The van der Waals surface area contributed by atoms with Gasteiger partial charge < -0.3 is 10.4 Å². The van der Waals surface area contributed by atoms with Gasteiger partial charge in [0.15, 0.2) is 0 Å². The lowest BCUT2D eigenvalue weighted by molar-refractivity contribution is -0.128. The van der Waals surface area contributed by atoms with Crippen LogP contribution in [0, 0.1) is 5.92 Å². The highest BCUT2D eigenvalue weighted by Crippen LogP contribution is 2.07. The highest BCUT2D eigenvalue weighted by atomic mass is 16.4. The summed E-state index contributed by atoms with van der Waals surface area (Å²) < 4.78 is 0. The average molecular weight is 245 g/mol. The van der Waals surface area contributed by atoms with Gasteiger partial charge in [-0.05, 0) is 12.3 Å². The first kappa shape index (κ1) is 15.2. The van der Waals surface area contributed by atoms with Gasteiger partial charge in [-0.15, -0.1) is 0 Å². The molecule has 0 saturated heterocycles. The van der Waals surface area contributed by atoms with Crippen molar-refractivity contribution < 1.29 is 19.5 Å². The molecule has 0 fully saturated rings. The van der Waals surface area contributed by atoms with Crippen molar-refractivity contribution in [3.63, 3.8) is 0 Å². The van der Waals surface area contributed by atoms with Crippen molar-refractivity contribution in [2.24, 2.45) is 5.92 Å². The van der Waals surface area contributed by atoms with Gasteiger partial charge in [0.2, 0.25) is 11.8 Å². The van der Waals surface area contributed by atoms with Gasteiger partial charge in [-0.25, -0.2) is 4.79 Å². The number of hydrogen-bond donors (Lipinski definition) is 4. The first-order valence-corrected chi connectivity index (χ1v) is 5.36. The molecule has 4 N–H and O–H groups in total. The van der Waals surface area contributed by atoms with Gasteiger partial charge in [-0.2, -0.15) is 0 Å². The molecule has 1 unspecified atom stereocenters. The number of carbonyl (C=O) groups is 3. The van der Waals surface area contributed by atoms with Crippen molar-refractivity contribution in [1.82, 2.24) is 16.2 Å². The number of carboxylic acid groups (broad SMARTS) is 1. The van der Waals surface area contributed by atoms with Gasteiger partial charge in [0, 0.05) is 19.4 Å². The second-order valence-corrected chi connectivity index (χ2v) is 4.21. The van der Waals surface area contributed by atoms with E-state index in [9.17, 15) is 14.4 Å². The largest absolute Gasteiger partial charge is 0.465 e. The van der Waals surface area contributed by atoms with Crippen LogP contribution in [-0.4, -0.2) is 29.1 Å². The third kappa shape index (κ3) is 9.16. The van der Waals surface area contributed by atoms with Gasteiger partial charge in [0.05, 0.1) is 0 Å². The SMILES string of the molecule is CC(=O)NNC(=O)CC(CC(C)C)NC(=O)O. The Kier molecular flexibility index (Phi) is 6.69. The molecule has 3 amide bonds.